The number of benzene rings is 4. The molecule has 4 aromatic carbocycles. The summed E-state index contributed by atoms with van der Waals surface area (Å²) in [5, 5.41) is 2.59. The van der Waals surface area contributed by atoms with Crippen LogP contribution >= 0.6 is 11.3 Å². The summed E-state index contributed by atoms with van der Waals surface area (Å²) in [6.07, 6.45) is 12.2. The van der Waals surface area contributed by atoms with Crippen molar-refractivity contribution in [2.75, 3.05) is 0 Å². The molecule has 243 valence electrons. The summed E-state index contributed by atoms with van der Waals surface area (Å²) < 4.78 is 2.59. The first-order chi connectivity index (χ1) is 23.1. The molecule has 48 heavy (non-hydrogen) atoms. The first-order valence-electron chi connectivity index (χ1n) is 16.9. The molecule has 1 atom stereocenters. The summed E-state index contributed by atoms with van der Waals surface area (Å²) in [6.45, 7) is 4.43. The van der Waals surface area contributed by atoms with Gasteiger partial charge in [0.1, 0.15) is 0 Å². The van der Waals surface area contributed by atoms with Gasteiger partial charge < -0.3 is 9.97 Å². The van der Waals surface area contributed by atoms with E-state index >= 15 is 0 Å². The standard InChI is InChI=1S/C25H18NS.C19H22N.Ir/c1-17(18-7-3-2-4-8-18)19-13-14-26-23(16-19)20-11-12-25-22(15-20)21-9-5-6-10-24(21)27-25;1-15-14-20-19(17-10-6-3-7-11-17)13-18(15)12-16-8-4-2-5-9-16;/h2-10,12-17H,1H3;3,6-7,10,13-14,16H,2,4-5,8-9,12H2,1H3;/q2*-1;. The second kappa shape index (κ2) is 16.0. The molecule has 0 bridgehead atoms. The fourth-order valence-corrected chi connectivity index (χ4v) is 7.87. The average Bonchev–Trinajstić information content (AvgIpc) is 3.52. The predicted octanol–water partition coefficient (Wildman–Crippen LogP) is 12.0. The van der Waals surface area contributed by atoms with Crippen LogP contribution in [0.1, 0.15) is 67.2 Å². The maximum absolute atomic E-state index is 4.63. The fraction of sp³-hybridized carbons (Fsp3) is 0.227. The number of hydrogen-bond acceptors (Lipinski definition) is 3. The second-order valence-electron chi connectivity index (χ2n) is 12.8. The van der Waals surface area contributed by atoms with E-state index in [0.717, 1.165) is 28.4 Å². The predicted molar refractivity (Wildman–Crippen MR) is 199 cm³/mol. The molecule has 1 fully saturated rings. The Kier molecular flexibility index (Phi) is 11.3. The third-order valence-electron chi connectivity index (χ3n) is 9.60. The summed E-state index contributed by atoms with van der Waals surface area (Å²) in [7, 11) is 0. The number of rotatable bonds is 6. The molecule has 7 aromatic rings. The Morgan fingerprint density at radius 2 is 1.50 bits per heavy atom. The number of aromatic nitrogens is 2. The molecule has 3 heterocycles. The minimum Gasteiger partial charge on any atom is -0.305 e. The van der Waals surface area contributed by atoms with E-state index in [4.69, 9.17) is 0 Å². The van der Waals surface area contributed by atoms with Crippen molar-refractivity contribution in [1.82, 2.24) is 9.97 Å². The van der Waals surface area contributed by atoms with E-state index in [1.165, 1.54) is 81.0 Å². The van der Waals surface area contributed by atoms with Crippen LogP contribution in [0.4, 0.5) is 0 Å². The Labute approximate surface area is 302 Å². The van der Waals surface area contributed by atoms with Crippen LogP contribution in [0.3, 0.4) is 0 Å². The van der Waals surface area contributed by atoms with Crippen LogP contribution in [-0.2, 0) is 26.5 Å². The van der Waals surface area contributed by atoms with Crippen LogP contribution in [-0.4, -0.2) is 9.97 Å². The Bertz CT molecular complexity index is 2080. The largest absolute Gasteiger partial charge is 0.305 e. The normalized spacial score (nSPS) is 13.8. The molecular formula is C44H40IrN2S-2. The van der Waals surface area contributed by atoms with Crippen LogP contribution in [0, 0.1) is 25.0 Å². The molecule has 0 aliphatic heterocycles. The monoisotopic (exact) mass is 821 g/mol. The molecule has 3 aromatic heterocycles. The molecular weight excluding hydrogens is 781 g/mol. The molecule has 1 aliphatic carbocycles. The third kappa shape index (κ3) is 7.84. The Morgan fingerprint density at radius 3 is 2.31 bits per heavy atom. The minimum absolute atomic E-state index is 0. The van der Waals surface area contributed by atoms with Crippen molar-refractivity contribution < 1.29 is 20.1 Å². The van der Waals surface area contributed by atoms with Gasteiger partial charge >= 0.3 is 0 Å². The summed E-state index contributed by atoms with van der Waals surface area (Å²) in [5.74, 6) is 1.20. The smallest absolute Gasteiger partial charge is 0.0239 e. The van der Waals surface area contributed by atoms with Crippen LogP contribution in [0.25, 0.3) is 42.7 Å². The molecule has 2 nitrogen and oxygen atoms in total. The summed E-state index contributed by atoms with van der Waals surface area (Å²) in [6, 6.07) is 44.9. The summed E-state index contributed by atoms with van der Waals surface area (Å²) in [5.41, 5.74) is 9.57. The van der Waals surface area contributed by atoms with Gasteiger partial charge in [0.25, 0.3) is 0 Å². The number of fused-ring (bicyclic) bond motifs is 3. The minimum atomic E-state index is 0. The van der Waals surface area contributed by atoms with Gasteiger partial charge in [-0.25, -0.2) is 0 Å². The number of pyridine rings is 2. The summed E-state index contributed by atoms with van der Waals surface area (Å²) in [4.78, 5) is 9.20. The first-order valence-corrected chi connectivity index (χ1v) is 17.7. The van der Waals surface area contributed by atoms with E-state index < -0.39 is 0 Å². The van der Waals surface area contributed by atoms with Crippen LogP contribution < -0.4 is 0 Å². The zero-order chi connectivity index (χ0) is 32.0. The Morgan fingerprint density at radius 1 is 0.729 bits per heavy atom. The number of thiophene rings is 1. The molecule has 4 heteroatoms. The topological polar surface area (TPSA) is 25.8 Å². The quantitative estimate of drug-likeness (QED) is 0.156. The second-order valence-corrected chi connectivity index (χ2v) is 13.9. The van der Waals surface area contributed by atoms with Crippen molar-refractivity contribution in [3.05, 3.63) is 156 Å². The zero-order valence-electron chi connectivity index (χ0n) is 27.6. The van der Waals surface area contributed by atoms with Gasteiger partial charge in [0.15, 0.2) is 0 Å². The number of hydrogen-bond donors (Lipinski definition) is 0. The van der Waals surface area contributed by atoms with Crippen molar-refractivity contribution in [2.45, 2.75) is 58.3 Å². The number of nitrogens with zero attached hydrogens (tertiary/aromatic N) is 2. The molecule has 0 spiro atoms. The van der Waals surface area contributed by atoms with Crippen LogP contribution in [0.15, 0.2) is 122 Å². The van der Waals surface area contributed by atoms with Crippen molar-refractivity contribution >= 4 is 31.5 Å². The van der Waals surface area contributed by atoms with Gasteiger partial charge in [0.05, 0.1) is 0 Å². The molecule has 0 saturated heterocycles. The maximum Gasteiger partial charge on any atom is 0.0239 e. The van der Waals surface area contributed by atoms with Gasteiger partial charge in [-0.15, -0.1) is 59.7 Å². The molecule has 0 N–H and O–H groups in total. The molecule has 1 saturated carbocycles. The van der Waals surface area contributed by atoms with Crippen LogP contribution in [0.5, 0.6) is 0 Å². The van der Waals surface area contributed by atoms with Gasteiger partial charge in [-0.1, -0.05) is 111 Å². The van der Waals surface area contributed by atoms with E-state index in [9.17, 15) is 0 Å². The van der Waals surface area contributed by atoms with E-state index in [1.54, 1.807) is 0 Å². The fourth-order valence-electron chi connectivity index (χ4n) is 6.80. The summed E-state index contributed by atoms with van der Waals surface area (Å²) >= 11 is 1.82. The SMILES string of the molecule is CC(c1ccccc1)c1ccnc(-c2[c-]cc3sc4ccccc4c3c2)c1.Cc1cnc(-c2[c-]cccc2)cc1CC1CCCCC1.[Ir]. The van der Waals surface area contributed by atoms with E-state index in [2.05, 4.69) is 127 Å². The van der Waals surface area contributed by atoms with Crippen LogP contribution in [0.2, 0.25) is 0 Å². The van der Waals surface area contributed by atoms with Crippen molar-refractivity contribution in [3.8, 4) is 22.5 Å². The van der Waals surface area contributed by atoms with Gasteiger partial charge in [-0.05, 0) is 69.6 Å². The van der Waals surface area contributed by atoms with Crippen molar-refractivity contribution in [2.24, 2.45) is 5.92 Å². The van der Waals surface area contributed by atoms with Crippen molar-refractivity contribution in [3.63, 3.8) is 0 Å². The molecule has 1 unspecified atom stereocenters. The van der Waals surface area contributed by atoms with Gasteiger partial charge in [0, 0.05) is 43.1 Å². The maximum atomic E-state index is 4.63. The van der Waals surface area contributed by atoms with Gasteiger partial charge in [-0.2, -0.15) is 11.3 Å². The molecule has 0 amide bonds. The zero-order valence-corrected chi connectivity index (χ0v) is 30.8. The molecule has 1 radical (unpaired) electrons. The van der Waals surface area contributed by atoms with Gasteiger partial charge in [-0.3, -0.25) is 0 Å². The Hall–Kier alpha value is -3.95. The third-order valence-corrected chi connectivity index (χ3v) is 10.7. The average molecular weight is 821 g/mol. The molecule has 8 rings (SSSR count). The van der Waals surface area contributed by atoms with E-state index in [-0.39, 0.29) is 20.1 Å². The van der Waals surface area contributed by atoms with E-state index in [1.807, 2.05) is 41.9 Å². The van der Waals surface area contributed by atoms with Crippen molar-refractivity contribution in [1.29, 1.82) is 0 Å². The molecule has 1 aliphatic rings. The van der Waals surface area contributed by atoms with Gasteiger partial charge in [0.2, 0.25) is 0 Å². The van der Waals surface area contributed by atoms with E-state index in [0.29, 0.717) is 5.92 Å². The first kappa shape index (κ1) is 33.9. The Balaban J connectivity index is 0.000000171. The number of aryl methyl sites for hydroxylation is 1.